The standard InChI is InChI=1S/C20H27N3O5S/c1-12(17(25)21-19(27)22-20(2,3)4)28-18(26)13-9-16(24)23(11-13)14-7-6-8-15(10-14)29-5/h6-8,10,12-13H,9,11H2,1-5H3,(H2,21,22,25,27)/t12-,13-/m1/s1. The average molecular weight is 422 g/mol. The third-order valence-corrected chi connectivity index (χ3v) is 4.94. The van der Waals surface area contributed by atoms with E-state index >= 15 is 0 Å². The second-order valence-corrected chi connectivity index (χ2v) is 8.76. The minimum atomic E-state index is -1.16. The van der Waals surface area contributed by atoms with Gasteiger partial charge in [-0.05, 0) is 52.1 Å². The molecule has 0 aromatic heterocycles. The van der Waals surface area contributed by atoms with Gasteiger partial charge in [0.05, 0.1) is 5.92 Å². The van der Waals surface area contributed by atoms with E-state index in [4.69, 9.17) is 4.74 Å². The van der Waals surface area contributed by atoms with Crippen LogP contribution in [-0.4, -0.2) is 48.3 Å². The number of carbonyl (C=O) groups is 4. The summed E-state index contributed by atoms with van der Waals surface area (Å²) in [6.45, 7) is 6.90. The van der Waals surface area contributed by atoms with Gasteiger partial charge in [-0.15, -0.1) is 11.8 Å². The molecule has 2 rings (SSSR count). The van der Waals surface area contributed by atoms with Crippen molar-refractivity contribution in [2.45, 2.75) is 50.7 Å². The summed E-state index contributed by atoms with van der Waals surface area (Å²) in [5, 5.41) is 4.73. The summed E-state index contributed by atoms with van der Waals surface area (Å²) in [5.41, 5.74) is 0.215. The SMILES string of the molecule is CSc1cccc(N2C[C@H](C(=O)O[C@H](C)C(=O)NC(=O)NC(C)(C)C)CC2=O)c1. The fourth-order valence-electron chi connectivity index (χ4n) is 2.80. The summed E-state index contributed by atoms with van der Waals surface area (Å²) < 4.78 is 5.19. The Labute approximate surface area is 174 Å². The number of urea groups is 1. The average Bonchev–Trinajstić information content (AvgIpc) is 3.01. The van der Waals surface area contributed by atoms with E-state index in [0.29, 0.717) is 0 Å². The van der Waals surface area contributed by atoms with Crippen molar-refractivity contribution in [3.05, 3.63) is 24.3 Å². The molecule has 2 atom stereocenters. The van der Waals surface area contributed by atoms with Crippen molar-refractivity contribution in [1.82, 2.24) is 10.6 Å². The molecule has 1 aromatic carbocycles. The van der Waals surface area contributed by atoms with Crippen molar-refractivity contribution in [1.29, 1.82) is 0 Å². The number of hydrogen-bond acceptors (Lipinski definition) is 6. The molecule has 0 bridgehead atoms. The largest absolute Gasteiger partial charge is 0.452 e. The normalized spacial score (nSPS) is 17.6. The van der Waals surface area contributed by atoms with Gasteiger partial charge in [0, 0.05) is 29.1 Å². The van der Waals surface area contributed by atoms with E-state index in [1.807, 2.05) is 30.5 Å². The van der Waals surface area contributed by atoms with Gasteiger partial charge in [-0.2, -0.15) is 0 Å². The van der Waals surface area contributed by atoms with Gasteiger partial charge in [0.15, 0.2) is 6.10 Å². The summed E-state index contributed by atoms with van der Waals surface area (Å²) >= 11 is 1.56. The van der Waals surface area contributed by atoms with Gasteiger partial charge in [0.25, 0.3) is 5.91 Å². The van der Waals surface area contributed by atoms with E-state index < -0.39 is 35.5 Å². The number of thioether (sulfide) groups is 1. The number of esters is 1. The maximum Gasteiger partial charge on any atom is 0.321 e. The van der Waals surface area contributed by atoms with Gasteiger partial charge in [-0.25, -0.2) is 4.79 Å². The smallest absolute Gasteiger partial charge is 0.321 e. The third kappa shape index (κ3) is 6.49. The molecule has 8 nitrogen and oxygen atoms in total. The molecule has 1 fully saturated rings. The van der Waals surface area contributed by atoms with Gasteiger partial charge < -0.3 is 15.0 Å². The number of imide groups is 1. The van der Waals surface area contributed by atoms with Crippen LogP contribution in [0.25, 0.3) is 0 Å². The first-order chi connectivity index (χ1) is 13.5. The van der Waals surface area contributed by atoms with Gasteiger partial charge in [-0.3, -0.25) is 19.7 Å². The molecule has 0 unspecified atom stereocenters. The molecule has 1 aliphatic rings. The highest BCUT2D eigenvalue weighted by Gasteiger charge is 2.37. The monoisotopic (exact) mass is 421 g/mol. The molecule has 1 aromatic rings. The number of ether oxygens (including phenoxy) is 1. The number of anilines is 1. The van der Waals surface area contributed by atoms with E-state index in [0.717, 1.165) is 10.6 Å². The quantitative estimate of drug-likeness (QED) is 0.558. The van der Waals surface area contributed by atoms with Crippen LogP contribution >= 0.6 is 11.8 Å². The Morgan fingerprint density at radius 2 is 1.97 bits per heavy atom. The predicted molar refractivity (Wildman–Crippen MR) is 111 cm³/mol. The molecule has 1 heterocycles. The lowest BCUT2D eigenvalue weighted by molar-refractivity contribution is -0.158. The molecular formula is C20H27N3O5S. The van der Waals surface area contributed by atoms with Crippen LogP contribution in [0.2, 0.25) is 0 Å². The molecule has 1 aliphatic heterocycles. The summed E-state index contributed by atoms with van der Waals surface area (Å²) in [6.07, 6.45) is 0.803. The van der Waals surface area contributed by atoms with Crippen LogP contribution in [0.3, 0.4) is 0 Å². The minimum absolute atomic E-state index is 0.0151. The Kier molecular flexibility index (Phi) is 7.29. The van der Waals surface area contributed by atoms with Crippen molar-refractivity contribution >= 4 is 41.3 Å². The lowest BCUT2D eigenvalue weighted by Gasteiger charge is -2.21. The van der Waals surface area contributed by atoms with E-state index in [9.17, 15) is 19.2 Å². The molecule has 0 spiro atoms. The van der Waals surface area contributed by atoms with Gasteiger partial charge >= 0.3 is 12.0 Å². The number of carbonyl (C=O) groups excluding carboxylic acids is 4. The lowest BCUT2D eigenvalue weighted by Crippen LogP contribution is -2.50. The first kappa shape index (κ1) is 22.7. The molecule has 0 saturated carbocycles. The van der Waals surface area contributed by atoms with Crippen LogP contribution in [-0.2, 0) is 19.1 Å². The van der Waals surface area contributed by atoms with Crippen LogP contribution in [0, 0.1) is 5.92 Å². The number of nitrogens with zero attached hydrogens (tertiary/aromatic N) is 1. The van der Waals surface area contributed by atoms with Gasteiger partial charge in [0.2, 0.25) is 5.91 Å². The second-order valence-electron chi connectivity index (χ2n) is 7.88. The fraction of sp³-hybridized carbons (Fsp3) is 0.500. The van der Waals surface area contributed by atoms with Crippen LogP contribution in [0.5, 0.6) is 0 Å². The number of hydrogen-bond donors (Lipinski definition) is 2. The molecule has 1 saturated heterocycles. The highest BCUT2D eigenvalue weighted by atomic mass is 32.2. The number of amides is 4. The van der Waals surface area contributed by atoms with Crippen LogP contribution in [0.1, 0.15) is 34.1 Å². The summed E-state index contributed by atoms with van der Waals surface area (Å²) in [5.74, 6) is -2.21. The zero-order valence-electron chi connectivity index (χ0n) is 17.3. The minimum Gasteiger partial charge on any atom is -0.452 e. The molecule has 29 heavy (non-hydrogen) atoms. The molecule has 2 N–H and O–H groups in total. The van der Waals surface area contributed by atoms with Crippen LogP contribution < -0.4 is 15.5 Å². The van der Waals surface area contributed by atoms with E-state index in [-0.39, 0.29) is 18.9 Å². The Bertz CT molecular complexity index is 806. The van der Waals surface area contributed by atoms with Crippen molar-refractivity contribution in [2.75, 3.05) is 17.7 Å². The number of rotatable bonds is 5. The van der Waals surface area contributed by atoms with Gasteiger partial charge in [-0.1, -0.05) is 6.07 Å². The van der Waals surface area contributed by atoms with Crippen LogP contribution in [0.15, 0.2) is 29.2 Å². The van der Waals surface area contributed by atoms with E-state index in [1.54, 1.807) is 37.4 Å². The Balaban J connectivity index is 1.92. The molecule has 0 aliphatic carbocycles. The maximum absolute atomic E-state index is 12.4. The molecule has 158 valence electrons. The van der Waals surface area contributed by atoms with Crippen molar-refractivity contribution < 1.29 is 23.9 Å². The lowest BCUT2D eigenvalue weighted by atomic mass is 10.1. The first-order valence-corrected chi connectivity index (χ1v) is 10.5. The van der Waals surface area contributed by atoms with E-state index in [1.165, 1.54) is 6.92 Å². The molecular weight excluding hydrogens is 394 g/mol. The topological polar surface area (TPSA) is 105 Å². The number of nitrogens with one attached hydrogen (secondary N) is 2. The van der Waals surface area contributed by atoms with Crippen molar-refractivity contribution in [2.24, 2.45) is 5.92 Å². The molecule has 0 radical (unpaired) electrons. The summed E-state index contributed by atoms with van der Waals surface area (Å²) in [7, 11) is 0. The Morgan fingerprint density at radius 1 is 1.28 bits per heavy atom. The van der Waals surface area contributed by atoms with Crippen molar-refractivity contribution in [3.63, 3.8) is 0 Å². The third-order valence-electron chi connectivity index (χ3n) is 4.21. The van der Waals surface area contributed by atoms with Gasteiger partial charge in [0.1, 0.15) is 0 Å². The van der Waals surface area contributed by atoms with Crippen LogP contribution in [0.4, 0.5) is 10.5 Å². The van der Waals surface area contributed by atoms with Crippen molar-refractivity contribution in [3.8, 4) is 0 Å². The summed E-state index contributed by atoms with van der Waals surface area (Å²) in [4.78, 5) is 51.2. The summed E-state index contributed by atoms with van der Waals surface area (Å²) in [6, 6.07) is 6.84. The highest BCUT2D eigenvalue weighted by Crippen LogP contribution is 2.28. The fourth-order valence-corrected chi connectivity index (χ4v) is 3.26. The maximum atomic E-state index is 12.4. The zero-order valence-corrected chi connectivity index (χ0v) is 18.1. The second kappa shape index (κ2) is 9.30. The first-order valence-electron chi connectivity index (χ1n) is 9.28. The zero-order chi connectivity index (χ0) is 21.8. The Hall–Kier alpha value is -2.55. The predicted octanol–water partition coefficient (Wildman–Crippen LogP) is 2.32. The molecule has 4 amide bonds. The Morgan fingerprint density at radius 3 is 2.59 bits per heavy atom. The molecule has 9 heteroatoms. The number of benzene rings is 1. The van der Waals surface area contributed by atoms with E-state index in [2.05, 4.69) is 10.6 Å². The highest BCUT2D eigenvalue weighted by molar-refractivity contribution is 7.98.